The van der Waals surface area contributed by atoms with E-state index in [-0.39, 0.29) is 32.6 Å². The van der Waals surface area contributed by atoms with E-state index in [1.54, 1.807) is 0 Å². The fourth-order valence-electron chi connectivity index (χ4n) is 6.77. The Balaban J connectivity index is 4.04. The van der Waals surface area contributed by atoms with Crippen LogP contribution in [0, 0.1) is 0 Å². The number of rotatable bonds is 45. The Kier molecular flexibility index (Phi) is 42.9. The molecule has 0 spiro atoms. The summed E-state index contributed by atoms with van der Waals surface area (Å²) < 4.78 is 32.8. The molecule has 336 valence electrons. The lowest BCUT2D eigenvalue weighted by molar-refractivity contribution is -0.161. The minimum atomic E-state index is -4.38. The van der Waals surface area contributed by atoms with Gasteiger partial charge in [0.05, 0.1) is 13.2 Å². The molecule has 0 heterocycles. The van der Waals surface area contributed by atoms with Crippen LogP contribution in [0.15, 0.2) is 24.3 Å². The van der Waals surface area contributed by atoms with Gasteiger partial charge in [-0.3, -0.25) is 18.6 Å². The van der Waals surface area contributed by atoms with Crippen molar-refractivity contribution < 1.29 is 37.6 Å². The van der Waals surface area contributed by atoms with Crippen LogP contribution >= 0.6 is 7.82 Å². The van der Waals surface area contributed by atoms with Gasteiger partial charge < -0.3 is 20.1 Å². The topological polar surface area (TPSA) is 134 Å². The monoisotopic (exact) mass is 828 g/mol. The van der Waals surface area contributed by atoms with Crippen LogP contribution in [-0.2, 0) is 32.7 Å². The number of carbonyl (C=O) groups excluding carboxylic acids is 2. The van der Waals surface area contributed by atoms with Crippen LogP contribution in [0.2, 0.25) is 0 Å². The highest BCUT2D eigenvalue weighted by molar-refractivity contribution is 7.47. The lowest BCUT2D eigenvalue weighted by Gasteiger charge is -2.19. The van der Waals surface area contributed by atoms with Crippen LogP contribution in [0.3, 0.4) is 0 Å². The summed E-state index contributed by atoms with van der Waals surface area (Å²) in [6, 6.07) is 0. The minimum Gasteiger partial charge on any atom is -0.462 e. The minimum absolute atomic E-state index is 0.0532. The highest BCUT2D eigenvalue weighted by Gasteiger charge is 2.26. The van der Waals surface area contributed by atoms with Gasteiger partial charge >= 0.3 is 19.8 Å². The van der Waals surface area contributed by atoms with Gasteiger partial charge in [-0.2, -0.15) is 0 Å². The van der Waals surface area contributed by atoms with E-state index in [1.165, 1.54) is 135 Å². The highest BCUT2D eigenvalue weighted by atomic mass is 31.2. The lowest BCUT2D eigenvalue weighted by Crippen LogP contribution is -2.29. The zero-order valence-electron chi connectivity index (χ0n) is 37.1. The van der Waals surface area contributed by atoms with E-state index < -0.39 is 32.5 Å². The van der Waals surface area contributed by atoms with Crippen LogP contribution in [0.4, 0.5) is 0 Å². The molecular weight excluding hydrogens is 737 g/mol. The Bertz CT molecular complexity index is 990. The standard InChI is InChI=1S/C47H90NO8P/c1-3-5-7-9-11-13-15-17-19-20-21-22-23-24-25-26-28-30-32-34-36-38-40-47(50)56-45(44-55-57(51,52)54-42-41-48)43-53-46(49)39-37-35-33-31-29-27-18-16-14-12-10-8-6-4-2/h10,12,16,18,45H,3-9,11,13-15,17,19-44,48H2,1-2H3,(H,51,52)/b12-10+,18-16+/t45-/m1/s1. The third-order valence-electron chi connectivity index (χ3n) is 10.3. The van der Waals surface area contributed by atoms with Crippen molar-refractivity contribution in [3.63, 3.8) is 0 Å². The molecule has 0 bridgehead atoms. The molecule has 57 heavy (non-hydrogen) atoms. The first-order chi connectivity index (χ1) is 27.8. The second-order valence-corrected chi connectivity index (χ2v) is 17.4. The smallest absolute Gasteiger partial charge is 0.462 e. The average Bonchev–Trinajstić information content (AvgIpc) is 3.20. The zero-order chi connectivity index (χ0) is 41.8. The van der Waals surface area contributed by atoms with E-state index >= 15 is 0 Å². The van der Waals surface area contributed by atoms with E-state index in [4.69, 9.17) is 24.3 Å². The molecule has 3 N–H and O–H groups in total. The van der Waals surface area contributed by atoms with Crippen LogP contribution < -0.4 is 5.73 Å². The van der Waals surface area contributed by atoms with Crippen LogP contribution in [-0.4, -0.2) is 49.3 Å². The lowest BCUT2D eigenvalue weighted by atomic mass is 10.0. The first kappa shape index (κ1) is 55.5. The molecule has 10 heteroatoms. The fraction of sp³-hybridized carbons (Fsp3) is 0.872. The van der Waals surface area contributed by atoms with Gasteiger partial charge in [0.2, 0.25) is 0 Å². The predicted octanol–water partition coefficient (Wildman–Crippen LogP) is 13.9. The Morgan fingerprint density at radius 1 is 0.526 bits per heavy atom. The summed E-state index contributed by atoms with van der Waals surface area (Å²) in [5, 5.41) is 0. The molecule has 0 aromatic heterocycles. The molecule has 0 rings (SSSR count). The van der Waals surface area contributed by atoms with Crippen molar-refractivity contribution in [1.29, 1.82) is 0 Å². The Hall–Kier alpha value is -1.51. The number of hydrogen-bond donors (Lipinski definition) is 2. The first-order valence-corrected chi connectivity index (χ1v) is 25.3. The number of esters is 2. The highest BCUT2D eigenvalue weighted by Crippen LogP contribution is 2.43. The number of allylic oxidation sites excluding steroid dienone is 4. The second-order valence-electron chi connectivity index (χ2n) is 16.0. The number of hydrogen-bond acceptors (Lipinski definition) is 8. The fourth-order valence-corrected chi connectivity index (χ4v) is 7.54. The number of carbonyl (C=O) groups is 2. The molecule has 0 fully saturated rings. The maximum atomic E-state index is 12.6. The van der Waals surface area contributed by atoms with E-state index in [9.17, 15) is 19.0 Å². The molecule has 0 aliphatic rings. The van der Waals surface area contributed by atoms with Gasteiger partial charge in [0.25, 0.3) is 0 Å². The number of unbranched alkanes of at least 4 members (excludes halogenated alkanes) is 28. The van der Waals surface area contributed by atoms with Gasteiger partial charge in [-0.25, -0.2) is 4.57 Å². The van der Waals surface area contributed by atoms with Crippen molar-refractivity contribution in [3.8, 4) is 0 Å². The van der Waals surface area contributed by atoms with Crippen molar-refractivity contribution in [2.24, 2.45) is 5.73 Å². The summed E-state index contributed by atoms with van der Waals surface area (Å²) in [4.78, 5) is 34.9. The quantitative estimate of drug-likeness (QED) is 0.0266. The van der Waals surface area contributed by atoms with Gasteiger partial charge in [-0.05, 0) is 38.5 Å². The third kappa shape index (κ3) is 43.9. The summed E-state index contributed by atoms with van der Waals surface area (Å²) in [7, 11) is -4.38. The van der Waals surface area contributed by atoms with E-state index in [0.29, 0.717) is 6.42 Å². The van der Waals surface area contributed by atoms with E-state index in [2.05, 4.69) is 38.2 Å². The second kappa shape index (κ2) is 44.1. The first-order valence-electron chi connectivity index (χ1n) is 23.8. The maximum absolute atomic E-state index is 12.6. The maximum Gasteiger partial charge on any atom is 0.472 e. The third-order valence-corrected chi connectivity index (χ3v) is 11.3. The Labute approximate surface area is 351 Å². The van der Waals surface area contributed by atoms with E-state index in [0.717, 1.165) is 64.2 Å². The molecule has 0 saturated carbocycles. The number of nitrogens with two attached hydrogens (primary N) is 1. The average molecular weight is 828 g/mol. The van der Waals surface area contributed by atoms with Crippen molar-refractivity contribution >= 4 is 19.8 Å². The summed E-state index contributed by atoms with van der Waals surface area (Å²) in [6.45, 7) is 3.71. The van der Waals surface area contributed by atoms with E-state index in [1.807, 2.05) is 0 Å². The summed E-state index contributed by atoms with van der Waals surface area (Å²) in [5.74, 6) is -0.834. The Morgan fingerprint density at radius 2 is 0.930 bits per heavy atom. The van der Waals surface area contributed by atoms with Gasteiger partial charge in [-0.1, -0.05) is 205 Å². The van der Waals surface area contributed by atoms with Crippen LogP contribution in [0.25, 0.3) is 0 Å². The summed E-state index contributed by atoms with van der Waals surface area (Å²) >= 11 is 0. The largest absolute Gasteiger partial charge is 0.472 e. The van der Waals surface area contributed by atoms with Crippen molar-refractivity contribution in [2.75, 3.05) is 26.4 Å². The SMILES string of the molecule is CCCC/C=C/C/C=C/CCCCCCCC(=O)OC[C@H](COP(=O)(O)OCCN)OC(=O)CCCCCCCCCCCCCCCCCCCCCCCC. The number of phosphoric acid groups is 1. The molecule has 0 amide bonds. The molecule has 0 aromatic rings. The van der Waals surface area contributed by atoms with Crippen LogP contribution in [0.5, 0.6) is 0 Å². The Morgan fingerprint density at radius 3 is 1.39 bits per heavy atom. The van der Waals surface area contributed by atoms with Crippen LogP contribution in [0.1, 0.15) is 232 Å². The molecular formula is C47H90NO8P. The van der Waals surface area contributed by atoms with Gasteiger partial charge in [0, 0.05) is 19.4 Å². The van der Waals surface area contributed by atoms with Gasteiger partial charge in [-0.15, -0.1) is 0 Å². The van der Waals surface area contributed by atoms with Gasteiger partial charge in [0.15, 0.2) is 6.10 Å². The van der Waals surface area contributed by atoms with Gasteiger partial charge in [0.1, 0.15) is 6.61 Å². The number of phosphoric ester groups is 1. The molecule has 9 nitrogen and oxygen atoms in total. The number of ether oxygens (including phenoxy) is 2. The molecule has 0 aromatic carbocycles. The normalized spacial score (nSPS) is 13.4. The molecule has 0 aliphatic heterocycles. The molecule has 0 saturated heterocycles. The summed E-state index contributed by atoms with van der Waals surface area (Å²) in [6.07, 6.45) is 47.9. The van der Waals surface area contributed by atoms with Crippen molar-refractivity contribution in [1.82, 2.24) is 0 Å². The summed E-state index contributed by atoms with van der Waals surface area (Å²) in [5.41, 5.74) is 5.35. The van der Waals surface area contributed by atoms with Crippen molar-refractivity contribution in [2.45, 2.75) is 238 Å². The molecule has 1 unspecified atom stereocenters. The molecule has 0 radical (unpaired) electrons. The van der Waals surface area contributed by atoms with Crippen molar-refractivity contribution in [3.05, 3.63) is 24.3 Å². The zero-order valence-corrected chi connectivity index (χ0v) is 38.0. The molecule has 0 aliphatic carbocycles. The molecule has 2 atom stereocenters. The predicted molar refractivity (Wildman–Crippen MR) is 238 cm³/mol.